The van der Waals surface area contributed by atoms with Crippen molar-refractivity contribution in [3.8, 4) is 5.75 Å². The Bertz CT molecular complexity index is 1690. The molecule has 8 heteroatoms. The van der Waals surface area contributed by atoms with Crippen LogP contribution in [-0.4, -0.2) is 40.2 Å². The number of hydrogen-bond donors (Lipinski definition) is 1. The maximum Gasteiger partial charge on any atom is 0.246 e. The predicted molar refractivity (Wildman–Crippen MR) is 157 cm³/mol. The Morgan fingerprint density at radius 3 is 2.36 bits per heavy atom. The molecule has 7 rings (SSSR count). The molecule has 4 amide bonds. The Morgan fingerprint density at radius 2 is 1.64 bits per heavy atom. The van der Waals surface area contributed by atoms with Crippen molar-refractivity contribution in [2.24, 2.45) is 23.7 Å². The Kier molecular flexibility index (Phi) is 6.13. The zero-order chi connectivity index (χ0) is 29.3. The molecule has 1 N–H and O–H groups in total. The molecule has 2 aliphatic carbocycles. The number of fused-ring (bicyclic) bond motifs is 4. The summed E-state index contributed by atoms with van der Waals surface area (Å²) in [5.74, 6) is -4.07. The lowest BCUT2D eigenvalue weighted by Gasteiger charge is -2.50. The van der Waals surface area contributed by atoms with Crippen LogP contribution in [0.5, 0.6) is 5.75 Å². The molecular weight excluding hydrogens is 552 g/mol. The molecule has 6 atom stereocenters. The van der Waals surface area contributed by atoms with Gasteiger partial charge in [0.2, 0.25) is 23.6 Å². The van der Waals surface area contributed by atoms with Gasteiger partial charge < -0.3 is 5.11 Å². The van der Waals surface area contributed by atoms with E-state index < -0.39 is 35.0 Å². The van der Waals surface area contributed by atoms with Crippen LogP contribution in [0, 0.1) is 23.7 Å². The van der Waals surface area contributed by atoms with Crippen molar-refractivity contribution in [2.75, 3.05) is 11.4 Å². The molecule has 0 spiro atoms. The second-order valence-corrected chi connectivity index (χ2v) is 12.0. The Labute approximate surface area is 248 Å². The molecule has 7 nitrogen and oxygen atoms in total. The number of halogens is 1. The van der Waals surface area contributed by atoms with Crippen LogP contribution in [0.2, 0.25) is 5.02 Å². The molecule has 0 aromatic heterocycles. The molecule has 212 valence electrons. The van der Waals surface area contributed by atoms with Crippen LogP contribution in [0.4, 0.5) is 5.69 Å². The van der Waals surface area contributed by atoms with E-state index in [9.17, 15) is 19.5 Å². The molecule has 2 heterocycles. The van der Waals surface area contributed by atoms with Crippen LogP contribution >= 0.6 is 11.6 Å². The first-order valence-corrected chi connectivity index (χ1v) is 14.7. The number of hydrogen-bond acceptors (Lipinski definition) is 5. The Balaban J connectivity index is 1.51. The first-order valence-electron chi connectivity index (χ1n) is 14.3. The molecule has 0 bridgehead atoms. The van der Waals surface area contributed by atoms with Crippen LogP contribution in [0.1, 0.15) is 36.8 Å². The van der Waals surface area contributed by atoms with E-state index in [0.717, 1.165) is 5.57 Å². The first-order chi connectivity index (χ1) is 20.3. The number of amides is 4. The number of aromatic hydroxyl groups is 1. The van der Waals surface area contributed by atoms with Crippen molar-refractivity contribution in [1.29, 1.82) is 0 Å². The van der Waals surface area contributed by atoms with E-state index in [1.807, 2.05) is 42.5 Å². The van der Waals surface area contributed by atoms with Gasteiger partial charge in [-0.05, 0) is 67.1 Å². The van der Waals surface area contributed by atoms with Gasteiger partial charge in [-0.2, -0.15) is 0 Å². The van der Waals surface area contributed by atoms with Gasteiger partial charge >= 0.3 is 0 Å². The minimum atomic E-state index is -1.35. The van der Waals surface area contributed by atoms with Gasteiger partial charge in [0.05, 0.1) is 28.9 Å². The number of likely N-dealkylation sites (tertiary alicyclic amines) is 1. The lowest BCUT2D eigenvalue weighted by molar-refractivity contribution is -0.140. The fourth-order valence-corrected chi connectivity index (χ4v) is 8.38. The summed E-state index contributed by atoms with van der Waals surface area (Å²) < 4.78 is 0. The molecule has 3 aromatic carbocycles. The van der Waals surface area contributed by atoms with Crippen molar-refractivity contribution >= 4 is 40.9 Å². The maximum atomic E-state index is 15.0. The maximum absolute atomic E-state index is 15.0. The summed E-state index contributed by atoms with van der Waals surface area (Å²) >= 11 is 6.32. The van der Waals surface area contributed by atoms with Crippen LogP contribution in [0.15, 0.2) is 90.5 Å². The van der Waals surface area contributed by atoms with Crippen molar-refractivity contribution in [1.82, 2.24) is 4.90 Å². The molecule has 0 radical (unpaired) electrons. The average molecular weight is 581 g/mol. The highest BCUT2D eigenvalue weighted by molar-refractivity contribution is 6.32. The van der Waals surface area contributed by atoms with Crippen LogP contribution < -0.4 is 4.90 Å². The van der Waals surface area contributed by atoms with E-state index >= 15 is 4.79 Å². The number of rotatable bonds is 4. The molecule has 2 saturated heterocycles. The lowest BCUT2D eigenvalue weighted by atomic mass is 9.49. The topological polar surface area (TPSA) is 95.0 Å². The zero-order valence-electron chi connectivity index (χ0n) is 22.9. The summed E-state index contributed by atoms with van der Waals surface area (Å²) in [6, 6.07) is 22.8. The normalized spacial score (nSPS) is 30.2. The van der Waals surface area contributed by atoms with E-state index in [2.05, 4.69) is 0 Å². The van der Waals surface area contributed by atoms with Crippen molar-refractivity contribution in [3.05, 3.63) is 107 Å². The lowest BCUT2D eigenvalue weighted by Crippen LogP contribution is -2.53. The SMILES string of the molecule is CCN1C(=O)[C@H]2[C@H](CC=C3[C@H]2C[C@H]2C(=O)N(c4cccc(Cl)c4)C(=O)[C@@]2(c2ccccc2)[C@H]3c2cccc(O)c2)C1=O. The van der Waals surface area contributed by atoms with Crippen molar-refractivity contribution in [3.63, 3.8) is 0 Å². The van der Waals surface area contributed by atoms with E-state index in [1.165, 1.54) is 9.80 Å². The second-order valence-electron chi connectivity index (χ2n) is 11.6. The third kappa shape index (κ3) is 3.52. The van der Waals surface area contributed by atoms with E-state index in [1.54, 1.807) is 49.4 Å². The molecular formula is C34H29ClN2O5. The number of imide groups is 2. The number of carbonyl (C=O) groups excluding carboxylic acids is 4. The molecule has 3 fully saturated rings. The van der Waals surface area contributed by atoms with Crippen molar-refractivity contribution in [2.45, 2.75) is 31.1 Å². The van der Waals surface area contributed by atoms with Crippen LogP contribution in [0.25, 0.3) is 0 Å². The van der Waals surface area contributed by atoms with Gasteiger partial charge in [-0.3, -0.25) is 24.1 Å². The van der Waals surface area contributed by atoms with Gasteiger partial charge in [0, 0.05) is 17.5 Å². The molecule has 3 aromatic rings. The minimum Gasteiger partial charge on any atom is -0.508 e. The quantitative estimate of drug-likeness (QED) is 0.337. The van der Waals surface area contributed by atoms with Crippen molar-refractivity contribution < 1.29 is 24.3 Å². The summed E-state index contributed by atoms with van der Waals surface area (Å²) in [7, 11) is 0. The number of allylic oxidation sites excluding steroid dienone is 2. The molecule has 42 heavy (non-hydrogen) atoms. The van der Waals surface area contributed by atoms with E-state index in [-0.39, 0.29) is 35.8 Å². The van der Waals surface area contributed by atoms with Gasteiger partial charge in [-0.1, -0.05) is 71.8 Å². The van der Waals surface area contributed by atoms with Gasteiger partial charge in [-0.15, -0.1) is 0 Å². The fraction of sp³-hybridized carbons (Fsp3) is 0.294. The third-order valence-electron chi connectivity index (χ3n) is 9.78. The average Bonchev–Trinajstić information content (AvgIpc) is 3.37. The summed E-state index contributed by atoms with van der Waals surface area (Å²) in [4.78, 5) is 59.1. The summed E-state index contributed by atoms with van der Waals surface area (Å²) in [5.41, 5.74) is 1.28. The van der Waals surface area contributed by atoms with E-state index in [4.69, 9.17) is 11.6 Å². The third-order valence-corrected chi connectivity index (χ3v) is 10.0. The number of anilines is 1. The predicted octanol–water partition coefficient (Wildman–Crippen LogP) is 5.23. The second kappa shape index (κ2) is 9.66. The number of benzene rings is 3. The van der Waals surface area contributed by atoms with Crippen LogP contribution in [0.3, 0.4) is 0 Å². The van der Waals surface area contributed by atoms with Gasteiger partial charge in [0.25, 0.3) is 0 Å². The van der Waals surface area contributed by atoms with Gasteiger partial charge in [0.1, 0.15) is 5.75 Å². The van der Waals surface area contributed by atoms with E-state index in [0.29, 0.717) is 34.8 Å². The summed E-state index contributed by atoms with van der Waals surface area (Å²) in [5, 5.41) is 11.0. The number of phenols is 1. The number of phenolic OH excluding ortho intramolecular Hbond substituents is 1. The standard InChI is InChI=1S/C34H29ClN2O5/c1-2-36-30(39)25-15-14-24-26(28(25)32(36)41)18-27-31(40)37(22-12-7-11-21(35)17-22)33(42)34(27,20-9-4-3-5-10-20)29(24)19-8-6-13-23(38)16-19/h3-14,16-17,25-29,38H,2,15,18H2,1H3/t25-,26+,27-,28-,29-,34+/m0/s1. The minimum absolute atomic E-state index is 0.0384. The fourth-order valence-electron chi connectivity index (χ4n) is 8.20. The van der Waals surface area contributed by atoms with Gasteiger partial charge in [0.15, 0.2) is 0 Å². The Hall–Kier alpha value is -4.23. The Morgan fingerprint density at radius 1 is 0.881 bits per heavy atom. The molecule has 0 unspecified atom stereocenters. The summed E-state index contributed by atoms with van der Waals surface area (Å²) in [6.07, 6.45) is 2.64. The smallest absolute Gasteiger partial charge is 0.246 e. The number of nitrogens with zero attached hydrogens (tertiary/aromatic N) is 2. The zero-order valence-corrected chi connectivity index (χ0v) is 23.7. The van der Waals surface area contributed by atoms with Crippen LogP contribution in [-0.2, 0) is 24.6 Å². The van der Waals surface area contributed by atoms with Gasteiger partial charge in [-0.25, -0.2) is 4.90 Å². The molecule has 4 aliphatic rings. The highest BCUT2D eigenvalue weighted by Crippen LogP contribution is 2.64. The highest BCUT2D eigenvalue weighted by atomic mass is 35.5. The monoisotopic (exact) mass is 580 g/mol. The largest absolute Gasteiger partial charge is 0.508 e. The molecule has 1 saturated carbocycles. The summed E-state index contributed by atoms with van der Waals surface area (Å²) in [6.45, 7) is 2.08. The first kappa shape index (κ1) is 26.7. The number of carbonyl (C=O) groups is 4. The highest BCUT2D eigenvalue weighted by Gasteiger charge is 2.70. The molecule has 2 aliphatic heterocycles.